The minimum Gasteiger partial charge on any atom is -0.484 e. The van der Waals surface area contributed by atoms with Crippen LogP contribution in [0.1, 0.15) is 18.4 Å². The number of nitrogens with one attached hydrogen (secondary N) is 1. The largest absolute Gasteiger partial charge is 0.484 e. The van der Waals surface area contributed by atoms with Crippen LogP contribution in [0.2, 0.25) is 0 Å². The normalized spacial score (nSPS) is 24.0. The molecule has 1 N–H and O–H groups in total. The van der Waals surface area contributed by atoms with Crippen LogP contribution in [0.3, 0.4) is 0 Å². The summed E-state index contributed by atoms with van der Waals surface area (Å²) in [6, 6.07) is 7.61. The van der Waals surface area contributed by atoms with Gasteiger partial charge >= 0.3 is 6.09 Å². The van der Waals surface area contributed by atoms with Crippen LogP contribution in [0, 0.1) is 6.92 Å². The molecular formula is C16H20N2O4. The molecule has 2 amide bonds. The summed E-state index contributed by atoms with van der Waals surface area (Å²) in [5.74, 6) is 0.641. The summed E-state index contributed by atoms with van der Waals surface area (Å²) >= 11 is 0. The van der Waals surface area contributed by atoms with Crippen LogP contribution in [0.15, 0.2) is 24.3 Å². The third-order valence-electron chi connectivity index (χ3n) is 4.20. The molecule has 2 fully saturated rings. The standard InChI is InChI=1S/C16H20N2O4/c1-12-5-2-3-6-13(12)21-9-14(19)18-8-4-7-16(11-18)10-17-15(20)22-16/h2-3,5-6H,4,7-11H2,1H3,(H,17,20)/t16-/m0/s1. The Kier molecular flexibility index (Phi) is 3.92. The number of nitrogens with zero attached hydrogens (tertiary/aromatic N) is 1. The molecule has 118 valence electrons. The zero-order valence-electron chi connectivity index (χ0n) is 12.6. The minimum atomic E-state index is -0.562. The fraction of sp³-hybridized carbons (Fsp3) is 0.500. The molecule has 22 heavy (non-hydrogen) atoms. The van der Waals surface area contributed by atoms with E-state index < -0.39 is 11.7 Å². The molecule has 0 aromatic heterocycles. The van der Waals surface area contributed by atoms with E-state index in [1.807, 2.05) is 31.2 Å². The van der Waals surface area contributed by atoms with Gasteiger partial charge in [0.05, 0.1) is 13.1 Å². The zero-order valence-corrected chi connectivity index (χ0v) is 12.6. The molecule has 3 rings (SSSR count). The predicted molar refractivity (Wildman–Crippen MR) is 79.7 cm³/mol. The van der Waals surface area contributed by atoms with Crippen LogP contribution in [-0.2, 0) is 9.53 Å². The Labute approximate surface area is 129 Å². The highest BCUT2D eigenvalue weighted by atomic mass is 16.6. The second-order valence-corrected chi connectivity index (χ2v) is 5.90. The van der Waals surface area contributed by atoms with Gasteiger partial charge in [0.1, 0.15) is 11.4 Å². The van der Waals surface area contributed by atoms with Gasteiger partial charge in [-0.15, -0.1) is 0 Å². The number of piperidine rings is 1. The van der Waals surface area contributed by atoms with Crippen LogP contribution in [-0.4, -0.2) is 48.7 Å². The second kappa shape index (κ2) is 5.87. The Balaban J connectivity index is 1.58. The molecule has 6 nitrogen and oxygen atoms in total. The summed E-state index contributed by atoms with van der Waals surface area (Å²) in [7, 11) is 0. The average molecular weight is 304 g/mol. The van der Waals surface area contributed by atoms with Crippen LogP contribution in [0.4, 0.5) is 4.79 Å². The lowest BCUT2D eigenvalue weighted by molar-refractivity contribution is -0.138. The van der Waals surface area contributed by atoms with Crippen molar-refractivity contribution in [1.29, 1.82) is 0 Å². The van der Waals surface area contributed by atoms with Crippen molar-refractivity contribution >= 4 is 12.0 Å². The van der Waals surface area contributed by atoms with Gasteiger partial charge in [0.25, 0.3) is 5.91 Å². The molecule has 0 radical (unpaired) electrons. The lowest BCUT2D eigenvalue weighted by atomic mass is 9.93. The first-order valence-corrected chi connectivity index (χ1v) is 7.51. The summed E-state index contributed by atoms with van der Waals surface area (Å²) < 4.78 is 11.0. The monoisotopic (exact) mass is 304 g/mol. The molecule has 2 aliphatic rings. The van der Waals surface area contributed by atoms with E-state index in [0.717, 1.165) is 24.2 Å². The zero-order chi connectivity index (χ0) is 15.6. The number of rotatable bonds is 3. The predicted octanol–water partition coefficient (Wildman–Crippen LogP) is 1.47. The average Bonchev–Trinajstić information content (AvgIpc) is 2.86. The van der Waals surface area contributed by atoms with Crippen LogP contribution >= 0.6 is 0 Å². The molecule has 0 unspecified atom stereocenters. The smallest absolute Gasteiger partial charge is 0.407 e. The van der Waals surface area contributed by atoms with Gasteiger partial charge in [-0.1, -0.05) is 18.2 Å². The van der Waals surface area contributed by atoms with E-state index in [1.165, 1.54) is 0 Å². The number of para-hydroxylation sites is 1. The van der Waals surface area contributed by atoms with Crippen molar-refractivity contribution in [2.24, 2.45) is 0 Å². The van der Waals surface area contributed by atoms with Crippen molar-refractivity contribution in [1.82, 2.24) is 10.2 Å². The van der Waals surface area contributed by atoms with E-state index in [0.29, 0.717) is 19.6 Å². The number of carbonyl (C=O) groups excluding carboxylic acids is 2. The lowest BCUT2D eigenvalue weighted by Crippen LogP contribution is -2.53. The van der Waals surface area contributed by atoms with Gasteiger partial charge < -0.3 is 19.7 Å². The maximum atomic E-state index is 12.3. The molecule has 0 bridgehead atoms. The van der Waals surface area contributed by atoms with E-state index in [1.54, 1.807) is 4.90 Å². The van der Waals surface area contributed by atoms with E-state index in [4.69, 9.17) is 9.47 Å². The fourth-order valence-corrected chi connectivity index (χ4v) is 2.99. The van der Waals surface area contributed by atoms with Crippen molar-refractivity contribution in [3.63, 3.8) is 0 Å². The van der Waals surface area contributed by atoms with Crippen LogP contribution < -0.4 is 10.1 Å². The highest BCUT2D eigenvalue weighted by Gasteiger charge is 2.44. The van der Waals surface area contributed by atoms with Gasteiger partial charge in [-0.3, -0.25) is 4.79 Å². The van der Waals surface area contributed by atoms with Crippen molar-refractivity contribution in [2.45, 2.75) is 25.4 Å². The SMILES string of the molecule is Cc1ccccc1OCC(=O)N1CCC[C@]2(CNC(=O)O2)C1. The van der Waals surface area contributed by atoms with E-state index in [2.05, 4.69) is 5.32 Å². The molecule has 0 aliphatic carbocycles. The maximum Gasteiger partial charge on any atom is 0.407 e. The van der Waals surface area contributed by atoms with Crippen molar-refractivity contribution < 1.29 is 19.1 Å². The maximum absolute atomic E-state index is 12.3. The topological polar surface area (TPSA) is 67.9 Å². The Bertz CT molecular complexity index is 589. The third-order valence-corrected chi connectivity index (χ3v) is 4.20. The Morgan fingerprint density at radius 2 is 2.27 bits per heavy atom. The Hall–Kier alpha value is -2.24. The summed E-state index contributed by atoms with van der Waals surface area (Å²) in [6.07, 6.45) is 1.21. The quantitative estimate of drug-likeness (QED) is 0.918. The highest BCUT2D eigenvalue weighted by molar-refractivity contribution is 5.78. The molecule has 1 spiro atoms. The summed E-state index contributed by atoms with van der Waals surface area (Å²) in [4.78, 5) is 25.3. The van der Waals surface area contributed by atoms with Gasteiger partial charge in [-0.25, -0.2) is 4.79 Å². The van der Waals surface area contributed by atoms with Gasteiger partial charge in [-0.05, 0) is 31.4 Å². The Morgan fingerprint density at radius 1 is 1.45 bits per heavy atom. The molecule has 2 saturated heterocycles. The van der Waals surface area contributed by atoms with Crippen molar-refractivity contribution in [3.05, 3.63) is 29.8 Å². The van der Waals surface area contributed by atoms with E-state index in [9.17, 15) is 9.59 Å². The summed E-state index contributed by atoms with van der Waals surface area (Å²) in [6.45, 7) is 3.52. The summed E-state index contributed by atoms with van der Waals surface area (Å²) in [5.41, 5.74) is 0.438. The van der Waals surface area contributed by atoms with Gasteiger partial charge in [-0.2, -0.15) is 0 Å². The first kappa shape index (κ1) is 14.7. The molecule has 6 heteroatoms. The highest BCUT2D eigenvalue weighted by Crippen LogP contribution is 2.28. The third kappa shape index (κ3) is 3.00. The van der Waals surface area contributed by atoms with Crippen LogP contribution in [0.25, 0.3) is 0 Å². The molecule has 2 aliphatic heterocycles. The molecule has 0 saturated carbocycles. The molecule has 1 aromatic rings. The minimum absolute atomic E-state index is 0.00229. The number of amides is 2. The number of hydrogen-bond acceptors (Lipinski definition) is 4. The van der Waals surface area contributed by atoms with E-state index in [-0.39, 0.29) is 12.5 Å². The molecule has 1 aromatic carbocycles. The molecular weight excluding hydrogens is 284 g/mol. The summed E-state index contributed by atoms with van der Waals surface area (Å²) in [5, 5.41) is 2.67. The number of carbonyl (C=O) groups is 2. The van der Waals surface area contributed by atoms with Gasteiger partial charge in [0, 0.05) is 6.54 Å². The van der Waals surface area contributed by atoms with Gasteiger partial charge in [0.2, 0.25) is 0 Å². The number of ether oxygens (including phenoxy) is 2. The van der Waals surface area contributed by atoms with Crippen LogP contribution in [0.5, 0.6) is 5.75 Å². The first-order chi connectivity index (χ1) is 10.6. The van der Waals surface area contributed by atoms with Crippen molar-refractivity contribution in [3.8, 4) is 5.75 Å². The van der Waals surface area contributed by atoms with E-state index >= 15 is 0 Å². The number of aryl methyl sites for hydroxylation is 1. The molecule has 2 heterocycles. The first-order valence-electron chi connectivity index (χ1n) is 7.51. The number of likely N-dealkylation sites (tertiary alicyclic amines) is 1. The fourth-order valence-electron chi connectivity index (χ4n) is 2.99. The van der Waals surface area contributed by atoms with Gasteiger partial charge in [0.15, 0.2) is 6.61 Å². The second-order valence-electron chi connectivity index (χ2n) is 5.90. The van der Waals surface area contributed by atoms with Crippen molar-refractivity contribution in [2.75, 3.05) is 26.2 Å². The Morgan fingerprint density at radius 3 is 3.00 bits per heavy atom. The number of hydrogen-bond donors (Lipinski definition) is 1. The number of benzene rings is 1. The molecule has 1 atom stereocenters. The lowest BCUT2D eigenvalue weighted by Gasteiger charge is -2.38. The number of alkyl carbamates (subject to hydrolysis) is 1.